The van der Waals surface area contributed by atoms with Crippen LogP contribution in [-0.2, 0) is 14.8 Å². The standard InChI is InChI=1S/C24H23Cl2N3O3S/c1-16-4-7-21(8-5-16)33(31,32)29(20-11-17(2)10-18(3)12-20)15-24(30)28-27-14-19-6-9-22(25)23(26)13-19/h4-14H,15H2,1-3H3,(H,28,30)/b27-14-. The third kappa shape index (κ3) is 6.35. The van der Waals surface area contributed by atoms with Crippen LogP contribution in [0, 0.1) is 20.8 Å². The Labute approximate surface area is 203 Å². The van der Waals surface area contributed by atoms with Crippen LogP contribution in [0.15, 0.2) is 70.7 Å². The van der Waals surface area contributed by atoms with Crippen LogP contribution in [0.4, 0.5) is 5.69 Å². The molecule has 1 N–H and O–H groups in total. The number of benzene rings is 3. The van der Waals surface area contributed by atoms with Crippen molar-refractivity contribution in [2.75, 3.05) is 10.8 Å². The number of carbonyl (C=O) groups excluding carboxylic acids is 1. The molecule has 3 aromatic rings. The van der Waals surface area contributed by atoms with Crippen LogP contribution in [-0.4, -0.2) is 27.1 Å². The molecule has 0 bridgehead atoms. The first kappa shape index (κ1) is 24.8. The van der Waals surface area contributed by atoms with E-state index in [0.29, 0.717) is 21.3 Å². The molecule has 3 aromatic carbocycles. The Morgan fingerprint density at radius 3 is 2.15 bits per heavy atom. The summed E-state index contributed by atoms with van der Waals surface area (Å²) in [4.78, 5) is 12.8. The molecular formula is C24H23Cl2N3O3S. The molecule has 0 aliphatic rings. The Morgan fingerprint density at radius 1 is 0.909 bits per heavy atom. The molecule has 0 heterocycles. The minimum Gasteiger partial charge on any atom is -0.271 e. The van der Waals surface area contributed by atoms with E-state index in [4.69, 9.17) is 23.2 Å². The summed E-state index contributed by atoms with van der Waals surface area (Å²) in [5.74, 6) is -0.596. The molecule has 0 radical (unpaired) electrons. The number of hydrogen-bond acceptors (Lipinski definition) is 4. The number of hydrazone groups is 1. The maximum Gasteiger partial charge on any atom is 0.264 e. The lowest BCUT2D eigenvalue weighted by Crippen LogP contribution is -2.39. The van der Waals surface area contributed by atoms with E-state index in [0.717, 1.165) is 21.0 Å². The van der Waals surface area contributed by atoms with Crippen molar-refractivity contribution in [2.24, 2.45) is 5.10 Å². The van der Waals surface area contributed by atoms with Gasteiger partial charge in [-0.2, -0.15) is 5.10 Å². The van der Waals surface area contributed by atoms with Gasteiger partial charge in [0, 0.05) is 0 Å². The number of rotatable bonds is 7. The maximum atomic E-state index is 13.4. The first-order valence-electron chi connectivity index (χ1n) is 10.0. The minimum absolute atomic E-state index is 0.0966. The fraction of sp³-hybridized carbons (Fsp3) is 0.167. The Balaban J connectivity index is 1.87. The van der Waals surface area contributed by atoms with Gasteiger partial charge in [0.1, 0.15) is 6.54 Å². The van der Waals surface area contributed by atoms with Crippen molar-refractivity contribution in [3.05, 3.63) is 93.0 Å². The minimum atomic E-state index is -4.00. The molecule has 0 aliphatic heterocycles. The van der Waals surface area contributed by atoms with Crippen LogP contribution in [0.1, 0.15) is 22.3 Å². The quantitative estimate of drug-likeness (QED) is 0.352. The van der Waals surface area contributed by atoms with Crippen LogP contribution in [0.2, 0.25) is 10.0 Å². The topological polar surface area (TPSA) is 78.8 Å². The van der Waals surface area contributed by atoms with Crippen LogP contribution in [0.25, 0.3) is 0 Å². The summed E-state index contributed by atoms with van der Waals surface area (Å²) in [6.07, 6.45) is 1.40. The predicted octanol–water partition coefficient (Wildman–Crippen LogP) is 5.26. The summed E-state index contributed by atoms with van der Waals surface area (Å²) in [5.41, 5.74) is 6.10. The molecule has 9 heteroatoms. The van der Waals surface area contributed by atoms with Crippen molar-refractivity contribution in [3.63, 3.8) is 0 Å². The zero-order valence-corrected chi connectivity index (χ0v) is 20.7. The van der Waals surface area contributed by atoms with Gasteiger partial charge in [-0.15, -0.1) is 0 Å². The van der Waals surface area contributed by atoms with Crippen molar-refractivity contribution >= 4 is 51.0 Å². The highest BCUT2D eigenvalue weighted by molar-refractivity contribution is 7.92. The SMILES string of the molecule is Cc1ccc(S(=O)(=O)N(CC(=O)N/N=C\c2ccc(Cl)c(Cl)c2)c2cc(C)cc(C)c2)cc1. The number of aryl methyl sites for hydroxylation is 3. The summed E-state index contributed by atoms with van der Waals surface area (Å²) >= 11 is 11.9. The number of hydrogen-bond donors (Lipinski definition) is 1. The first-order chi connectivity index (χ1) is 15.6. The molecule has 1 amide bonds. The lowest BCUT2D eigenvalue weighted by atomic mass is 10.1. The second-order valence-electron chi connectivity index (χ2n) is 7.64. The highest BCUT2D eigenvalue weighted by atomic mass is 35.5. The molecule has 0 fully saturated rings. The van der Waals surface area contributed by atoms with Crippen molar-refractivity contribution in [1.29, 1.82) is 0 Å². The number of sulfonamides is 1. The summed E-state index contributed by atoms with van der Waals surface area (Å²) in [5, 5.41) is 4.68. The molecule has 3 rings (SSSR count). The molecule has 0 aliphatic carbocycles. The summed E-state index contributed by atoms with van der Waals surface area (Å²) in [6.45, 7) is 5.17. The average molecular weight is 504 g/mol. The molecular weight excluding hydrogens is 481 g/mol. The fourth-order valence-corrected chi connectivity index (χ4v) is 4.90. The average Bonchev–Trinajstić information content (AvgIpc) is 2.74. The Hall–Kier alpha value is -2.87. The van der Waals surface area contributed by atoms with Crippen LogP contribution < -0.4 is 9.73 Å². The third-order valence-electron chi connectivity index (χ3n) is 4.74. The zero-order valence-electron chi connectivity index (χ0n) is 18.3. The lowest BCUT2D eigenvalue weighted by molar-refractivity contribution is -0.119. The van der Waals surface area contributed by atoms with Crippen molar-refractivity contribution in [1.82, 2.24) is 5.43 Å². The van der Waals surface area contributed by atoms with Crippen LogP contribution in [0.5, 0.6) is 0 Å². The molecule has 0 atom stereocenters. The molecule has 0 spiro atoms. The third-order valence-corrected chi connectivity index (χ3v) is 7.26. The number of halogens is 2. The number of nitrogens with one attached hydrogen (secondary N) is 1. The smallest absolute Gasteiger partial charge is 0.264 e. The molecule has 172 valence electrons. The van der Waals surface area contributed by atoms with Gasteiger partial charge in [0.05, 0.1) is 26.8 Å². The number of anilines is 1. The Morgan fingerprint density at radius 2 is 1.55 bits per heavy atom. The second-order valence-corrected chi connectivity index (χ2v) is 10.3. The van der Waals surface area contributed by atoms with Gasteiger partial charge >= 0.3 is 0 Å². The summed E-state index contributed by atoms with van der Waals surface area (Å²) in [6, 6.07) is 16.8. The predicted molar refractivity (Wildman–Crippen MR) is 134 cm³/mol. The van der Waals surface area contributed by atoms with E-state index in [1.807, 2.05) is 26.8 Å². The van der Waals surface area contributed by atoms with E-state index in [1.54, 1.807) is 42.5 Å². The zero-order chi connectivity index (χ0) is 24.2. The van der Waals surface area contributed by atoms with Gasteiger partial charge in [0.25, 0.3) is 15.9 Å². The van der Waals surface area contributed by atoms with Crippen molar-refractivity contribution in [3.8, 4) is 0 Å². The van der Waals surface area contributed by atoms with Crippen LogP contribution >= 0.6 is 23.2 Å². The molecule has 33 heavy (non-hydrogen) atoms. The van der Waals surface area contributed by atoms with E-state index in [-0.39, 0.29) is 4.90 Å². The largest absolute Gasteiger partial charge is 0.271 e. The van der Waals surface area contributed by atoms with Gasteiger partial charge in [0.15, 0.2) is 0 Å². The number of carbonyl (C=O) groups is 1. The van der Waals surface area contributed by atoms with Gasteiger partial charge in [-0.05, 0) is 73.9 Å². The van der Waals surface area contributed by atoms with E-state index >= 15 is 0 Å². The highest BCUT2D eigenvalue weighted by Gasteiger charge is 2.27. The van der Waals surface area contributed by atoms with Crippen LogP contribution in [0.3, 0.4) is 0 Å². The van der Waals surface area contributed by atoms with E-state index in [2.05, 4.69) is 10.5 Å². The number of nitrogens with zero attached hydrogens (tertiary/aromatic N) is 2. The summed E-state index contributed by atoms with van der Waals surface area (Å²) in [7, 11) is -4.00. The molecule has 0 saturated heterocycles. The normalized spacial score (nSPS) is 11.5. The lowest BCUT2D eigenvalue weighted by Gasteiger charge is -2.24. The summed E-state index contributed by atoms with van der Waals surface area (Å²) < 4.78 is 28.0. The maximum absolute atomic E-state index is 13.4. The van der Waals surface area contributed by atoms with E-state index < -0.39 is 22.5 Å². The van der Waals surface area contributed by atoms with Crippen molar-refractivity contribution in [2.45, 2.75) is 25.7 Å². The number of amides is 1. The highest BCUT2D eigenvalue weighted by Crippen LogP contribution is 2.26. The molecule has 0 aromatic heterocycles. The van der Waals surface area contributed by atoms with Gasteiger partial charge in [-0.1, -0.05) is 53.0 Å². The van der Waals surface area contributed by atoms with Gasteiger partial charge in [0.2, 0.25) is 0 Å². The Bertz CT molecular complexity index is 1290. The van der Waals surface area contributed by atoms with Gasteiger partial charge < -0.3 is 0 Å². The van der Waals surface area contributed by atoms with Gasteiger partial charge in [-0.3, -0.25) is 9.10 Å². The Kier molecular flexibility index (Phi) is 7.79. The molecule has 0 saturated carbocycles. The molecule has 0 unspecified atom stereocenters. The fourth-order valence-electron chi connectivity index (χ4n) is 3.18. The van der Waals surface area contributed by atoms with E-state index in [9.17, 15) is 13.2 Å². The van der Waals surface area contributed by atoms with Crippen molar-refractivity contribution < 1.29 is 13.2 Å². The van der Waals surface area contributed by atoms with Gasteiger partial charge in [-0.25, -0.2) is 13.8 Å². The first-order valence-corrected chi connectivity index (χ1v) is 12.2. The molecule has 6 nitrogen and oxygen atoms in total. The van der Waals surface area contributed by atoms with E-state index in [1.165, 1.54) is 18.3 Å². The monoisotopic (exact) mass is 503 g/mol. The second kappa shape index (κ2) is 10.4.